The van der Waals surface area contributed by atoms with E-state index in [4.69, 9.17) is 5.73 Å². The molecular formula is C36H48N2O3. The van der Waals surface area contributed by atoms with E-state index in [0.717, 1.165) is 42.4 Å². The highest BCUT2D eigenvalue weighted by atomic mass is 16.3. The number of nitrogen functional groups attached to an aromatic ring is 1. The second-order valence-electron chi connectivity index (χ2n) is 11.2. The average molecular weight is 557 g/mol. The number of aromatic hydroxyl groups is 1. The number of nitrogens with one attached hydrogen (secondary N) is 1. The van der Waals surface area contributed by atoms with Crippen LogP contribution in [0, 0.1) is 0 Å². The van der Waals surface area contributed by atoms with Crippen LogP contribution in [0.5, 0.6) is 5.75 Å². The van der Waals surface area contributed by atoms with Gasteiger partial charge in [0.1, 0.15) is 5.75 Å². The summed E-state index contributed by atoms with van der Waals surface area (Å²) >= 11 is 0. The molecule has 0 fully saturated rings. The van der Waals surface area contributed by atoms with Crippen LogP contribution in [-0.2, 0) is 24.1 Å². The number of Topliss-reactive ketones (excluding diaryl/α,β-unsaturated/α-hetero) is 1. The number of unbranched alkanes of at least 4 members (excludes halogenated alkanes) is 8. The van der Waals surface area contributed by atoms with Crippen molar-refractivity contribution in [1.82, 2.24) is 5.32 Å². The van der Waals surface area contributed by atoms with Crippen LogP contribution in [-0.4, -0.2) is 22.8 Å². The van der Waals surface area contributed by atoms with Crippen LogP contribution in [0.4, 0.5) is 5.69 Å². The lowest BCUT2D eigenvalue weighted by Gasteiger charge is -2.19. The van der Waals surface area contributed by atoms with Gasteiger partial charge in [0.25, 0.3) is 5.91 Å². The minimum atomic E-state index is -0.519. The van der Waals surface area contributed by atoms with Crippen LogP contribution >= 0.6 is 0 Å². The zero-order valence-corrected chi connectivity index (χ0v) is 24.7. The molecule has 0 bridgehead atoms. The van der Waals surface area contributed by atoms with Crippen LogP contribution in [0.3, 0.4) is 0 Å². The topological polar surface area (TPSA) is 92.4 Å². The number of benzene rings is 3. The number of nitrogens with two attached hydrogens (primary N) is 1. The fourth-order valence-corrected chi connectivity index (χ4v) is 5.20. The van der Waals surface area contributed by atoms with Gasteiger partial charge in [-0.1, -0.05) is 101 Å². The van der Waals surface area contributed by atoms with Crippen LogP contribution in [0.2, 0.25) is 0 Å². The molecule has 5 heteroatoms. The molecule has 0 unspecified atom stereocenters. The number of aryl methyl sites for hydroxylation is 3. The summed E-state index contributed by atoms with van der Waals surface area (Å²) in [5.41, 5.74) is 10.5. The Balaban J connectivity index is 1.57. The van der Waals surface area contributed by atoms with Gasteiger partial charge in [-0.25, -0.2) is 0 Å². The molecule has 41 heavy (non-hydrogen) atoms. The summed E-state index contributed by atoms with van der Waals surface area (Å²) < 4.78 is 0. The van der Waals surface area contributed by atoms with Gasteiger partial charge in [-0.15, -0.1) is 0 Å². The molecule has 5 nitrogen and oxygen atoms in total. The van der Waals surface area contributed by atoms with Crippen molar-refractivity contribution in [2.45, 2.75) is 103 Å². The van der Waals surface area contributed by atoms with Gasteiger partial charge in [0.05, 0.1) is 6.04 Å². The Kier molecular flexibility index (Phi) is 14.0. The van der Waals surface area contributed by atoms with Crippen molar-refractivity contribution in [3.8, 4) is 5.75 Å². The third-order valence-corrected chi connectivity index (χ3v) is 7.81. The van der Waals surface area contributed by atoms with Crippen molar-refractivity contribution in [2.75, 3.05) is 5.73 Å². The number of phenols is 1. The molecule has 3 aromatic carbocycles. The summed E-state index contributed by atoms with van der Waals surface area (Å²) in [6.45, 7) is 2.24. The first-order valence-electron chi connectivity index (χ1n) is 15.5. The largest absolute Gasteiger partial charge is 0.508 e. The molecule has 220 valence electrons. The summed E-state index contributed by atoms with van der Waals surface area (Å²) in [4.78, 5) is 26.6. The van der Waals surface area contributed by atoms with E-state index < -0.39 is 6.04 Å². The first-order chi connectivity index (χ1) is 20.0. The van der Waals surface area contributed by atoms with E-state index in [2.05, 4.69) is 24.4 Å². The lowest BCUT2D eigenvalue weighted by Crippen LogP contribution is -2.41. The second-order valence-corrected chi connectivity index (χ2v) is 11.2. The zero-order chi connectivity index (χ0) is 29.3. The standard InChI is InChI=1S/C36H48N2O3/c1-2-3-4-5-6-7-8-9-13-16-35(40)34(26-20-28-14-11-10-12-15-28)38-36(41)31-22-25-33(37)30(27-31)21-17-29-18-23-32(39)24-19-29/h10-12,14-15,18-19,22-25,27,34,39H,2-9,13,16-17,20-21,26,37H2,1H3,(H,38,41)/t34-/m0/s1. The third kappa shape index (κ3) is 11.8. The fourth-order valence-electron chi connectivity index (χ4n) is 5.20. The molecule has 0 aliphatic carbocycles. The van der Waals surface area contributed by atoms with Gasteiger partial charge >= 0.3 is 0 Å². The first-order valence-corrected chi connectivity index (χ1v) is 15.5. The molecule has 0 saturated carbocycles. The molecular weight excluding hydrogens is 508 g/mol. The van der Waals surface area contributed by atoms with Crippen molar-refractivity contribution in [3.05, 3.63) is 95.1 Å². The highest BCUT2D eigenvalue weighted by molar-refractivity contribution is 5.98. The monoisotopic (exact) mass is 556 g/mol. The van der Waals surface area contributed by atoms with E-state index >= 15 is 0 Å². The maximum atomic E-state index is 13.3. The Morgan fingerprint density at radius 1 is 0.756 bits per heavy atom. The summed E-state index contributed by atoms with van der Waals surface area (Å²) in [5.74, 6) is 0.107. The Labute approximate surface area is 246 Å². The Bertz CT molecular complexity index is 1190. The van der Waals surface area contributed by atoms with E-state index in [1.54, 1.807) is 24.3 Å². The quantitative estimate of drug-likeness (QED) is 0.103. The highest BCUT2D eigenvalue weighted by Crippen LogP contribution is 2.19. The van der Waals surface area contributed by atoms with Gasteiger partial charge in [-0.3, -0.25) is 9.59 Å². The second kappa shape index (κ2) is 18.0. The molecule has 3 aromatic rings. The zero-order valence-electron chi connectivity index (χ0n) is 24.7. The van der Waals surface area contributed by atoms with E-state index in [1.807, 2.05) is 36.4 Å². The molecule has 4 N–H and O–H groups in total. The van der Waals surface area contributed by atoms with Crippen LogP contribution in [0.25, 0.3) is 0 Å². The van der Waals surface area contributed by atoms with Crippen molar-refractivity contribution >= 4 is 17.4 Å². The van der Waals surface area contributed by atoms with Gasteiger partial charge in [0, 0.05) is 17.7 Å². The van der Waals surface area contributed by atoms with E-state index in [9.17, 15) is 14.7 Å². The Morgan fingerprint density at radius 2 is 1.39 bits per heavy atom. The number of ketones is 1. The summed E-state index contributed by atoms with van der Waals surface area (Å²) in [7, 11) is 0. The molecule has 3 rings (SSSR count). The molecule has 0 aliphatic rings. The van der Waals surface area contributed by atoms with Crippen molar-refractivity contribution in [3.63, 3.8) is 0 Å². The number of phenolic OH excluding ortho intramolecular Hbond substituents is 1. The van der Waals surface area contributed by atoms with E-state index in [1.165, 1.54) is 44.9 Å². The van der Waals surface area contributed by atoms with E-state index in [0.29, 0.717) is 30.5 Å². The first kappa shape index (κ1) is 31.9. The molecule has 0 radical (unpaired) electrons. The number of anilines is 1. The van der Waals surface area contributed by atoms with Gasteiger partial charge in [-0.2, -0.15) is 0 Å². The van der Waals surface area contributed by atoms with E-state index in [-0.39, 0.29) is 17.4 Å². The predicted molar refractivity (Wildman–Crippen MR) is 169 cm³/mol. The molecule has 0 spiro atoms. The minimum absolute atomic E-state index is 0.111. The molecule has 0 aromatic heterocycles. The number of carbonyl (C=O) groups is 2. The predicted octanol–water partition coefficient (Wildman–Crippen LogP) is 7.98. The lowest BCUT2D eigenvalue weighted by atomic mass is 9.97. The van der Waals surface area contributed by atoms with Crippen LogP contribution in [0.1, 0.15) is 105 Å². The van der Waals surface area contributed by atoms with Gasteiger partial charge < -0.3 is 16.2 Å². The number of rotatable bonds is 19. The molecule has 0 aliphatic heterocycles. The molecule has 1 atom stereocenters. The van der Waals surface area contributed by atoms with Gasteiger partial charge in [-0.05, 0) is 79.1 Å². The van der Waals surface area contributed by atoms with Crippen molar-refractivity contribution < 1.29 is 14.7 Å². The average Bonchev–Trinajstić information content (AvgIpc) is 2.99. The Morgan fingerprint density at radius 3 is 2.07 bits per heavy atom. The smallest absolute Gasteiger partial charge is 0.251 e. The SMILES string of the molecule is CCCCCCCCCCCC(=O)[C@H](CCc1ccccc1)NC(=O)c1ccc(N)c(CCc2ccc(O)cc2)c1. The third-order valence-electron chi connectivity index (χ3n) is 7.81. The minimum Gasteiger partial charge on any atom is -0.508 e. The molecule has 1 amide bonds. The van der Waals surface area contributed by atoms with Gasteiger partial charge in [0.2, 0.25) is 0 Å². The maximum Gasteiger partial charge on any atom is 0.251 e. The van der Waals surface area contributed by atoms with Crippen LogP contribution < -0.4 is 11.1 Å². The van der Waals surface area contributed by atoms with Crippen LogP contribution in [0.15, 0.2) is 72.8 Å². The van der Waals surface area contributed by atoms with Crippen molar-refractivity contribution in [2.24, 2.45) is 0 Å². The number of hydrogen-bond donors (Lipinski definition) is 3. The van der Waals surface area contributed by atoms with Crippen molar-refractivity contribution in [1.29, 1.82) is 0 Å². The summed E-state index contributed by atoms with van der Waals surface area (Å²) in [6, 6.07) is 22.0. The molecule has 0 heterocycles. The summed E-state index contributed by atoms with van der Waals surface area (Å²) in [6.07, 6.45) is 14.1. The normalized spacial score (nSPS) is 11.7. The highest BCUT2D eigenvalue weighted by Gasteiger charge is 2.21. The van der Waals surface area contributed by atoms with Gasteiger partial charge in [0.15, 0.2) is 5.78 Å². The number of hydrogen-bond acceptors (Lipinski definition) is 4. The maximum absolute atomic E-state index is 13.3. The summed E-state index contributed by atoms with van der Waals surface area (Å²) in [5, 5.41) is 12.6. The Hall–Kier alpha value is -3.60. The number of amides is 1. The molecule has 0 saturated heterocycles. The lowest BCUT2D eigenvalue weighted by molar-refractivity contribution is -0.121. The fraction of sp³-hybridized carbons (Fsp3) is 0.444. The number of carbonyl (C=O) groups excluding carboxylic acids is 2.